The van der Waals surface area contributed by atoms with Gasteiger partial charge in [-0.3, -0.25) is 4.90 Å². The maximum absolute atomic E-state index is 6.06. The van der Waals surface area contributed by atoms with E-state index in [0.717, 1.165) is 0 Å². The van der Waals surface area contributed by atoms with Crippen molar-refractivity contribution in [3.63, 3.8) is 0 Å². The van der Waals surface area contributed by atoms with Crippen LogP contribution in [0.3, 0.4) is 0 Å². The molecule has 0 aliphatic carbocycles. The number of halogens is 1. The molecule has 0 saturated carbocycles. The molecule has 1 aromatic carbocycles. The van der Waals surface area contributed by atoms with Crippen LogP contribution in [0.4, 0.5) is 0 Å². The second kappa shape index (κ2) is 7.41. The molecule has 0 bridgehead atoms. The normalized spacial score (nSPS) is 19.7. The zero-order valence-electron chi connectivity index (χ0n) is 11.9. The molecule has 0 aromatic heterocycles. The summed E-state index contributed by atoms with van der Waals surface area (Å²) in [4.78, 5) is 2.58. The monoisotopic (exact) mass is 324 g/mol. The van der Waals surface area contributed by atoms with Crippen molar-refractivity contribution in [3.8, 4) is 0 Å². The zero-order valence-corrected chi connectivity index (χ0v) is 13.5. The molecule has 0 spiro atoms. The van der Waals surface area contributed by atoms with Gasteiger partial charge in [0.25, 0.3) is 0 Å². The van der Waals surface area contributed by atoms with E-state index in [1.165, 1.54) is 60.8 Å². The molecule has 1 atom stereocenters. The average Bonchev–Trinajstić information content (AvgIpc) is 2.36. The fourth-order valence-corrected chi connectivity index (χ4v) is 3.29. The van der Waals surface area contributed by atoms with Crippen LogP contribution in [0, 0.1) is 6.92 Å². The van der Waals surface area contributed by atoms with Crippen molar-refractivity contribution in [1.82, 2.24) is 4.90 Å². The van der Waals surface area contributed by atoms with Crippen LogP contribution in [0.2, 0.25) is 0 Å². The zero-order chi connectivity index (χ0) is 13.7. The van der Waals surface area contributed by atoms with E-state index in [-0.39, 0.29) is 0 Å². The number of nitrogens with zero attached hydrogens (tertiary/aromatic N) is 1. The predicted octanol–water partition coefficient (Wildman–Crippen LogP) is 4.02. The Bertz CT molecular complexity index is 398. The molecule has 1 unspecified atom stereocenters. The lowest BCUT2D eigenvalue weighted by Gasteiger charge is -2.32. The smallest absolute Gasteiger partial charge is 0.0470 e. The van der Waals surface area contributed by atoms with Gasteiger partial charge in [0, 0.05) is 17.1 Å². The summed E-state index contributed by atoms with van der Waals surface area (Å²) in [5, 5.41) is 0. The number of hydrogen-bond donors (Lipinski definition) is 1. The van der Waals surface area contributed by atoms with Crippen LogP contribution in [0.5, 0.6) is 0 Å². The second-order valence-electron chi connectivity index (χ2n) is 5.56. The van der Waals surface area contributed by atoms with Gasteiger partial charge in [-0.15, -0.1) is 0 Å². The average molecular weight is 325 g/mol. The topological polar surface area (TPSA) is 29.3 Å². The first-order chi connectivity index (χ1) is 9.22. The minimum Gasteiger partial charge on any atom is -0.329 e. The maximum atomic E-state index is 6.06. The van der Waals surface area contributed by atoms with Crippen molar-refractivity contribution in [2.45, 2.75) is 45.1 Å². The summed E-state index contributed by atoms with van der Waals surface area (Å²) in [5.74, 6) is 0. The fraction of sp³-hybridized carbons (Fsp3) is 0.625. The van der Waals surface area contributed by atoms with Crippen LogP contribution in [0.15, 0.2) is 22.7 Å². The van der Waals surface area contributed by atoms with Crippen molar-refractivity contribution in [2.75, 3.05) is 19.6 Å². The summed E-state index contributed by atoms with van der Waals surface area (Å²) in [6.45, 7) is 5.21. The molecule has 1 aromatic rings. The van der Waals surface area contributed by atoms with Gasteiger partial charge >= 0.3 is 0 Å². The number of rotatable bonds is 3. The molecule has 1 saturated heterocycles. The first-order valence-electron chi connectivity index (χ1n) is 7.42. The number of benzene rings is 1. The number of nitrogens with two attached hydrogens (primary N) is 1. The highest BCUT2D eigenvalue weighted by Crippen LogP contribution is 2.27. The Morgan fingerprint density at radius 1 is 1.16 bits per heavy atom. The minimum atomic E-state index is 0.370. The van der Waals surface area contributed by atoms with Gasteiger partial charge in [0.05, 0.1) is 0 Å². The summed E-state index contributed by atoms with van der Waals surface area (Å²) in [6, 6.07) is 7.03. The maximum Gasteiger partial charge on any atom is 0.0470 e. The van der Waals surface area contributed by atoms with Crippen LogP contribution >= 0.6 is 15.9 Å². The highest BCUT2D eigenvalue weighted by molar-refractivity contribution is 9.10. The van der Waals surface area contributed by atoms with E-state index in [4.69, 9.17) is 5.73 Å². The quantitative estimate of drug-likeness (QED) is 0.909. The van der Waals surface area contributed by atoms with Gasteiger partial charge in [0.15, 0.2) is 0 Å². The van der Waals surface area contributed by atoms with Gasteiger partial charge in [-0.25, -0.2) is 0 Å². The molecule has 1 aliphatic heterocycles. The van der Waals surface area contributed by atoms with Gasteiger partial charge in [-0.1, -0.05) is 47.3 Å². The van der Waals surface area contributed by atoms with Crippen molar-refractivity contribution in [3.05, 3.63) is 33.8 Å². The largest absolute Gasteiger partial charge is 0.329 e. The minimum absolute atomic E-state index is 0.370. The van der Waals surface area contributed by atoms with Crippen molar-refractivity contribution in [2.24, 2.45) is 5.73 Å². The Hall–Kier alpha value is -0.380. The predicted molar refractivity (Wildman–Crippen MR) is 85.3 cm³/mol. The van der Waals surface area contributed by atoms with E-state index in [0.29, 0.717) is 12.6 Å². The van der Waals surface area contributed by atoms with Gasteiger partial charge in [0.2, 0.25) is 0 Å². The first kappa shape index (κ1) is 15.0. The standard InChI is InChI=1S/C16H25BrN2/c1-13-7-8-14(11-15(13)17)16(12-18)19-9-5-3-2-4-6-10-19/h7-8,11,16H,2-6,9-10,12,18H2,1H3. The second-order valence-corrected chi connectivity index (χ2v) is 6.42. The van der Waals surface area contributed by atoms with E-state index in [2.05, 4.69) is 46.0 Å². The van der Waals surface area contributed by atoms with E-state index >= 15 is 0 Å². The Kier molecular flexibility index (Phi) is 5.86. The molecular formula is C16H25BrN2. The molecule has 106 valence electrons. The van der Waals surface area contributed by atoms with E-state index < -0.39 is 0 Å². The van der Waals surface area contributed by atoms with E-state index in [9.17, 15) is 0 Å². The van der Waals surface area contributed by atoms with Crippen molar-refractivity contribution in [1.29, 1.82) is 0 Å². The summed E-state index contributed by atoms with van der Waals surface area (Å²) < 4.78 is 1.19. The lowest BCUT2D eigenvalue weighted by Crippen LogP contribution is -2.36. The number of aryl methyl sites for hydroxylation is 1. The number of likely N-dealkylation sites (tertiary alicyclic amines) is 1. The van der Waals surface area contributed by atoms with Crippen molar-refractivity contribution >= 4 is 15.9 Å². The SMILES string of the molecule is Cc1ccc(C(CN)N2CCCCCCC2)cc1Br. The molecule has 2 rings (SSSR count). The van der Waals surface area contributed by atoms with Gasteiger partial charge in [-0.05, 0) is 50.0 Å². The molecule has 1 heterocycles. The third kappa shape index (κ3) is 4.04. The Labute approximate surface area is 125 Å². The molecule has 1 aliphatic rings. The third-order valence-electron chi connectivity index (χ3n) is 4.14. The third-order valence-corrected chi connectivity index (χ3v) is 4.99. The van der Waals surface area contributed by atoms with Crippen LogP contribution in [0.25, 0.3) is 0 Å². The lowest BCUT2D eigenvalue weighted by atomic mass is 10.0. The Morgan fingerprint density at radius 2 is 1.79 bits per heavy atom. The van der Waals surface area contributed by atoms with Crippen molar-refractivity contribution < 1.29 is 0 Å². The molecule has 1 fully saturated rings. The van der Waals surface area contributed by atoms with Gasteiger partial charge < -0.3 is 5.73 Å². The molecular weight excluding hydrogens is 300 g/mol. The molecule has 19 heavy (non-hydrogen) atoms. The molecule has 2 N–H and O–H groups in total. The first-order valence-corrected chi connectivity index (χ1v) is 8.22. The Morgan fingerprint density at radius 3 is 2.37 bits per heavy atom. The lowest BCUT2D eigenvalue weighted by molar-refractivity contribution is 0.183. The number of hydrogen-bond acceptors (Lipinski definition) is 2. The Balaban J connectivity index is 2.14. The van der Waals surface area contributed by atoms with Crippen LogP contribution in [0.1, 0.15) is 49.3 Å². The fourth-order valence-electron chi connectivity index (χ4n) is 2.90. The molecule has 0 radical (unpaired) electrons. The summed E-state index contributed by atoms with van der Waals surface area (Å²) in [5.41, 5.74) is 8.69. The van der Waals surface area contributed by atoms with Crippen LogP contribution in [-0.4, -0.2) is 24.5 Å². The molecule has 0 amide bonds. The molecule has 3 heteroatoms. The summed E-state index contributed by atoms with van der Waals surface area (Å²) >= 11 is 3.64. The highest BCUT2D eigenvalue weighted by Gasteiger charge is 2.20. The summed E-state index contributed by atoms with van der Waals surface area (Å²) in [6.07, 6.45) is 6.75. The van der Waals surface area contributed by atoms with Crippen LogP contribution < -0.4 is 5.73 Å². The van der Waals surface area contributed by atoms with Crippen LogP contribution in [-0.2, 0) is 0 Å². The van der Waals surface area contributed by atoms with E-state index in [1.54, 1.807) is 0 Å². The highest BCUT2D eigenvalue weighted by atomic mass is 79.9. The van der Waals surface area contributed by atoms with E-state index in [1.807, 2.05) is 0 Å². The van der Waals surface area contributed by atoms with Gasteiger partial charge in [0.1, 0.15) is 0 Å². The van der Waals surface area contributed by atoms with Gasteiger partial charge in [-0.2, -0.15) is 0 Å². The molecule has 2 nitrogen and oxygen atoms in total. The summed E-state index contributed by atoms with van der Waals surface area (Å²) in [7, 11) is 0.